The van der Waals surface area contributed by atoms with Crippen molar-refractivity contribution in [2.24, 2.45) is 4.99 Å². The maximum Gasteiger partial charge on any atom is 0.338 e. The summed E-state index contributed by atoms with van der Waals surface area (Å²) in [4.78, 5) is 44.4. The molecule has 0 saturated heterocycles. The van der Waals surface area contributed by atoms with Crippen molar-refractivity contribution in [2.45, 2.75) is 37.8 Å². The molecular weight excluding hydrogens is 578 g/mol. The Morgan fingerprint density at radius 3 is 2.57 bits per heavy atom. The molecule has 0 amide bonds. The van der Waals surface area contributed by atoms with Crippen LogP contribution in [0.15, 0.2) is 85.0 Å². The zero-order chi connectivity index (χ0) is 30.1. The zero-order valence-electron chi connectivity index (χ0n) is 23.4. The van der Waals surface area contributed by atoms with Crippen LogP contribution in [0.3, 0.4) is 0 Å². The summed E-state index contributed by atoms with van der Waals surface area (Å²) >= 11 is 2.76. The number of nitro benzene ring substituents is 1. The van der Waals surface area contributed by atoms with Gasteiger partial charge in [-0.05, 0) is 69.0 Å². The number of furan rings is 1. The summed E-state index contributed by atoms with van der Waals surface area (Å²) in [6, 6.07) is 14.7. The predicted octanol–water partition coefficient (Wildman–Crippen LogP) is 5.09. The van der Waals surface area contributed by atoms with E-state index >= 15 is 0 Å². The van der Waals surface area contributed by atoms with Crippen molar-refractivity contribution in [3.63, 3.8) is 0 Å². The molecule has 2 aromatic heterocycles. The number of ether oxygens (including phenoxy) is 2. The molecule has 42 heavy (non-hydrogen) atoms. The second-order valence-electron chi connectivity index (χ2n) is 9.65. The molecule has 10 nitrogen and oxygen atoms in total. The maximum atomic E-state index is 13.9. The molecule has 4 aromatic rings. The first kappa shape index (κ1) is 29.1. The van der Waals surface area contributed by atoms with E-state index in [9.17, 15) is 19.7 Å². The van der Waals surface area contributed by atoms with Gasteiger partial charge in [-0.1, -0.05) is 23.5 Å². The number of allylic oxidation sites excluding steroid dienone is 1. The Kier molecular flexibility index (Phi) is 8.19. The lowest BCUT2D eigenvalue weighted by molar-refractivity contribution is -0.384. The van der Waals surface area contributed by atoms with E-state index in [4.69, 9.17) is 13.9 Å². The maximum absolute atomic E-state index is 13.9. The Morgan fingerprint density at radius 2 is 1.93 bits per heavy atom. The van der Waals surface area contributed by atoms with Gasteiger partial charge in [0.1, 0.15) is 17.3 Å². The molecule has 0 spiro atoms. The molecule has 3 heterocycles. The summed E-state index contributed by atoms with van der Waals surface area (Å²) in [6.45, 7) is 5.27. The van der Waals surface area contributed by atoms with Gasteiger partial charge >= 0.3 is 5.97 Å². The Morgan fingerprint density at radius 1 is 1.19 bits per heavy atom. The number of esters is 1. The standard InChI is InChI=1S/C30H27N3O7S2/c1-16(2)39-29(35)26-17(3)31-30-32(27(26)18-6-10-21(41-5)11-7-18)28(34)25(42-30)15-20-9-13-24(40-20)22-12-8-19(38-4)14-23(22)33(36)37/h6-16,27H,1-5H3/b25-15-/t27-/m0/s1. The zero-order valence-corrected chi connectivity index (χ0v) is 25.1. The second kappa shape index (κ2) is 11.8. The number of aromatic nitrogens is 1. The minimum atomic E-state index is -0.736. The summed E-state index contributed by atoms with van der Waals surface area (Å²) in [6.07, 6.45) is 3.19. The SMILES string of the molecule is COc1ccc(-c2ccc(/C=c3\sc4n(c3=O)[C@@H](c3ccc(SC)cc3)C(C(=O)OC(C)C)=C(C)N=4)o2)c([N+](=O)[O-])c1. The van der Waals surface area contributed by atoms with Gasteiger partial charge in [0.25, 0.3) is 11.2 Å². The highest BCUT2D eigenvalue weighted by Crippen LogP contribution is 2.35. The number of nitro groups is 1. The van der Waals surface area contributed by atoms with Gasteiger partial charge in [-0.15, -0.1) is 11.8 Å². The number of hydrogen-bond donors (Lipinski definition) is 0. The lowest BCUT2D eigenvalue weighted by atomic mass is 9.96. The third-order valence-electron chi connectivity index (χ3n) is 6.58. The Bertz CT molecular complexity index is 1900. The summed E-state index contributed by atoms with van der Waals surface area (Å²) in [5.41, 5.74) is 1.27. The predicted molar refractivity (Wildman–Crippen MR) is 161 cm³/mol. The van der Waals surface area contributed by atoms with E-state index in [0.29, 0.717) is 32.1 Å². The van der Waals surface area contributed by atoms with E-state index in [-0.39, 0.29) is 28.7 Å². The number of benzene rings is 2. The van der Waals surface area contributed by atoms with Crippen LogP contribution >= 0.6 is 23.1 Å². The molecule has 2 aromatic carbocycles. The van der Waals surface area contributed by atoms with Crippen LogP contribution in [0.1, 0.15) is 38.1 Å². The smallest absolute Gasteiger partial charge is 0.338 e. The van der Waals surface area contributed by atoms with Crippen molar-refractivity contribution in [3.8, 4) is 17.1 Å². The quantitative estimate of drug-likeness (QED) is 0.118. The monoisotopic (exact) mass is 605 g/mol. The van der Waals surface area contributed by atoms with E-state index in [1.807, 2.05) is 30.5 Å². The van der Waals surface area contributed by atoms with E-state index in [0.717, 1.165) is 10.5 Å². The van der Waals surface area contributed by atoms with E-state index < -0.39 is 16.9 Å². The highest BCUT2D eigenvalue weighted by atomic mass is 32.2. The number of nitrogens with zero attached hydrogens (tertiary/aromatic N) is 3. The van der Waals surface area contributed by atoms with E-state index in [1.165, 1.54) is 29.1 Å². The third kappa shape index (κ3) is 5.55. The molecule has 1 aliphatic heterocycles. The van der Waals surface area contributed by atoms with Gasteiger partial charge in [0.15, 0.2) is 4.80 Å². The van der Waals surface area contributed by atoms with Gasteiger partial charge in [-0.3, -0.25) is 19.5 Å². The fraction of sp³-hybridized carbons (Fsp3) is 0.233. The van der Waals surface area contributed by atoms with Crippen LogP contribution in [0.2, 0.25) is 0 Å². The first-order valence-electron chi connectivity index (χ1n) is 12.9. The van der Waals surface area contributed by atoms with Crippen molar-refractivity contribution >= 4 is 40.8 Å². The van der Waals surface area contributed by atoms with Crippen LogP contribution < -0.4 is 19.6 Å². The van der Waals surface area contributed by atoms with Crippen LogP contribution in [0.25, 0.3) is 17.4 Å². The lowest BCUT2D eigenvalue weighted by Gasteiger charge is -2.25. The Labute approximate surface area is 248 Å². The molecular formula is C30H27N3O7S2. The summed E-state index contributed by atoms with van der Waals surface area (Å²) < 4.78 is 18.4. The van der Waals surface area contributed by atoms with Crippen LogP contribution in [0, 0.1) is 10.1 Å². The Hall–Kier alpha value is -4.42. The van der Waals surface area contributed by atoms with Gasteiger partial charge in [0.2, 0.25) is 0 Å². The molecule has 0 aliphatic carbocycles. The molecule has 0 radical (unpaired) electrons. The number of fused-ring (bicyclic) bond motifs is 1. The van der Waals surface area contributed by atoms with Crippen LogP contribution in [0.4, 0.5) is 5.69 Å². The average molecular weight is 606 g/mol. The third-order valence-corrected chi connectivity index (χ3v) is 8.31. The van der Waals surface area contributed by atoms with Crippen molar-refractivity contribution in [3.05, 3.63) is 107 Å². The molecule has 0 saturated carbocycles. The largest absolute Gasteiger partial charge is 0.497 e. The van der Waals surface area contributed by atoms with Crippen LogP contribution in [0.5, 0.6) is 5.75 Å². The second-order valence-corrected chi connectivity index (χ2v) is 11.5. The summed E-state index contributed by atoms with van der Waals surface area (Å²) in [7, 11) is 1.43. The molecule has 0 fully saturated rings. The number of carbonyl (C=O) groups excluding carboxylic acids is 1. The fourth-order valence-corrected chi connectivity index (χ4v) is 6.10. The number of methoxy groups -OCH3 is 1. The minimum absolute atomic E-state index is 0.168. The van der Waals surface area contributed by atoms with Gasteiger partial charge in [0, 0.05) is 11.0 Å². The van der Waals surface area contributed by atoms with E-state index in [1.54, 1.807) is 62.9 Å². The van der Waals surface area contributed by atoms with Crippen LogP contribution in [-0.4, -0.2) is 34.9 Å². The first-order chi connectivity index (χ1) is 20.1. The molecule has 0 bridgehead atoms. The van der Waals surface area contributed by atoms with Crippen molar-refractivity contribution in [2.75, 3.05) is 13.4 Å². The number of thioether (sulfide) groups is 1. The average Bonchev–Trinajstić information content (AvgIpc) is 3.55. The van der Waals surface area contributed by atoms with Gasteiger partial charge in [-0.2, -0.15) is 0 Å². The topological polar surface area (TPSA) is 126 Å². The van der Waals surface area contributed by atoms with Crippen LogP contribution in [-0.2, 0) is 9.53 Å². The van der Waals surface area contributed by atoms with Gasteiger partial charge < -0.3 is 13.9 Å². The van der Waals surface area contributed by atoms with Gasteiger partial charge in [-0.25, -0.2) is 9.79 Å². The minimum Gasteiger partial charge on any atom is -0.497 e. The molecule has 216 valence electrons. The molecule has 1 atom stereocenters. The number of thiazole rings is 1. The highest BCUT2D eigenvalue weighted by Gasteiger charge is 2.34. The molecule has 5 rings (SSSR count). The molecule has 1 aliphatic rings. The molecule has 12 heteroatoms. The first-order valence-corrected chi connectivity index (χ1v) is 15.0. The van der Waals surface area contributed by atoms with Crippen molar-refractivity contribution in [1.29, 1.82) is 0 Å². The normalized spacial score (nSPS) is 15.0. The number of hydrogen-bond acceptors (Lipinski definition) is 10. The molecule has 0 N–H and O–H groups in total. The number of rotatable bonds is 8. The lowest BCUT2D eigenvalue weighted by Crippen LogP contribution is -2.40. The van der Waals surface area contributed by atoms with E-state index in [2.05, 4.69) is 4.99 Å². The fourth-order valence-electron chi connectivity index (χ4n) is 4.66. The van der Waals surface area contributed by atoms with Crippen molar-refractivity contribution in [1.82, 2.24) is 4.57 Å². The Balaban J connectivity index is 1.62. The summed E-state index contributed by atoms with van der Waals surface area (Å²) in [5.74, 6) is 0.417. The van der Waals surface area contributed by atoms with Crippen molar-refractivity contribution < 1.29 is 23.6 Å². The van der Waals surface area contributed by atoms with Gasteiger partial charge in [0.05, 0.1) is 51.6 Å². The number of carbonyl (C=O) groups is 1. The highest BCUT2D eigenvalue weighted by molar-refractivity contribution is 7.98. The molecule has 0 unspecified atom stereocenters. The summed E-state index contributed by atoms with van der Waals surface area (Å²) in [5, 5.41) is 11.7.